The van der Waals surface area contributed by atoms with Crippen molar-refractivity contribution in [3.05, 3.63) is 144 Å². The summed E-state index contributed by atoms with van der Waals surface area (Å²) in [7, 11) is 1.20. The molecule has 7 amide bonds. The molecule has 3 atom stereocenters. The molecule has 0 spiro atoms. The Morgan fingerprint density at radius 2 is 0.988 bits per heavy atom. The van der Waals surface area contributed by atoms with Crippen LogP contribution in [0, 0.1) is 0 Å². The highest BCUT2D eigenvalue weighted by molar-refractivity contribution is 5.95. The minimum absolute atomic E-state index is 0.00224. The third-order valence-electron chi connectivity index (χ3n) is 13.0. The van der Waals surface area contributed by atoms with E-state index in [4.69, 9.17) is 18.9 Å². The first-order valence-corrected chi connectivity index (χ1v) is 27.2. The first-order chi connectivity index (χ1) is 37.7. The van der Waals surface area contributed by atoms with Gasteiger partial charge in [0.1, 0.15) is 46.0 Å². The summed E-state index contributed by atoms with van der Waals surface area (Å²) in [5, 5.41) is 17.1. The zero-order chi connectivity index (χ0) is 58.7. The van der Waals surface area contributed by atoms with E-state index in [2.05, 4.69) is 31.9 Å². The van der Waals surface area contributed by atoms with Crippen molar-refractivity contribution in [2.75, 3.05) is 26.7 Å². The van der Waals surface area contributed by atoms with Gasteiger partial charge in [0, 0.05) is 32.5 Å². The highest BCUT2D eigenvalue weighted by atomic mass is 16.6. The highest BCUT2D eigenvalue weighted by Crippen LogP contribution is 2.37. The van der Waals surface area contributed by atoms with E-state index in [1.165, 1.54) is 12.0 Å². The SMILES string of the molecule is COC(=O)C1(NC(=O)OC(C)(C)C)CCN(C(=O)[C@@H](CCCCNC(=O)OC(C)(C)C)NC(=O)[C@@H](CCC(=O)NC(c2ccccc2)(c2ccccc2)c2ccccc2)NC(=O)[C@@H](Cc2ccccc2)NC(=O)OC(C)(C)C)CC1. The standard InChI is InChI=1S/C61H81N7O12/c1-57(2,3)78-54(74)62-38-24-23-33-47(52(72)68-39-36-60(37-40-68,53(73)77-10)67-56(76)80-59(7,8)9)64-50(70)46(63-51(71)48(41-42-25-15-11-16-26-42)65-55(75)79-58(4,5)6)34-35-49(69)66-61(43-27-17-12-18-28-43,44-29-19-13-20-30-44)45-31-21-14-22-32-45/h11-22,25-32,46-48H,23-24,33-41H2,1-10H3,(H,62,74)(H,63,71)(H,64,70)(H,65,75)(H,66,69)(H,67,76)/t46-,47-,48-/m1/s1. The number of likely N-dealkylation sites (tertiary alicyclic amines) is 1. The molecule has 432 valence electrons. The van der Waals surface area contributed by atoms with Crippen molar-refractivity contribution < 1.29 is 57.3 Å². The van der Waals surface area contributed by atoms with Crippen LogP contribution in [-0.4, -0.2) is 120 Å². The van der Waals surface area contributed by atoms with Crippen molar-refractivity contribution in [3.63, 3.8) is 0 Å². The van der Waals surface area contributed by atoms with E-state index < -0.39 is 93.9 Å². The molecule has 0 aliphatic carbocycles. The van der Waals surface area contributed by atoms with Crippen LogP contribution < -0.4 is 31.9 Å². The number of amides is 7. The summed E-state index contributed by atoms with van der Waals surface area (Å²) in [5.41, 5.74) is -2.30. The molecule has 1 aliphatic heterocycles. The molecule has 6 N–H and O–H groups in total. The number of esters is 1. The van der Waals surface area contributed by atoms with Crippen LogP contribution in [0.3, 0.4) is 0 Å². The fraction of sp³-hybridized carbons (Fsp3) is 0.475. The number of ether oxygens (including phenoxy) is 4. The number of nitrogens with one attached hydrogen (secondary N) is 6. The second kappa shape index (κ2) is 28.3. The Morgan fingerprint density at radius 3 is 1.48 bits per heavy atom. The van der Waals surface area contributed by atoms with E-state index in [-0.39, 0.29) is 58.2 Å². The van der Waals surface area contributed by atoms with Crippen LogP contribution >= 0.6 is 0 Å². The Kier molecular flexibility index (Phi) is 22.2. The number of carbonyl (C=O) groups is 8. The molecule has 1 fully saturated rings. The van der Waals surface area contributed by atoms with E-state index in [0.29, 0.717) is 18.4 Å². The molecule has 19 heteroatoms. The number of hydrogen-bond acceptors (Lipinski definition) is 12. The predicted octanol–water partition coefficient (Wildman–Crippen LogP) is 7.73. The van der Waals surface area contributed by atoms with Gasteiger partial charge < -0.3 is 55.7 Å². The number of piperidine rings is 1. The molecular formula is C61H81N7O12. The number of methoxy groups -OCH3 is 1. The van der Waals surface area contributed by atoms with Gasteiger partial charge in [-0.3, -0.25) is 19.2 Å². The van der Waals surface area contributed by atoms with Gasteiger partial charge in [0.25, 0.3) is 0 Å². The topological polar surface area (TPSA) is 249 Å². The summed E-state index contributed by atoms with van der Waals surface area (Å²) in [6.07, 6.45) is -2.29. The molecule has 0 saturated carbocycles. The van der Waals surface area contributed by atoms with E-state index in [9.17, 15) is 33.6 Å². The second-order valence-electron chi connectivity index (χ2n) is 22.9. The quantitative estimate of drug-likeness (QED) is 0.0192. The van der Waals surface area contributed by atoms with E-state index in [1.807, 2.05) is 97.1 Å². The van der Waals surface area contributed by atoms with Crippen LogP contribution in [0.1, 0.15) is 130 Å². The molecule has 80 heavy (non-hydrogen) atoms. The highest BCUT2D eigenvalue weighted by Gasteiger charge is 2.47. The number of carbonyl (C=O) groups excluding carboxylic acids is 8. The number of benzene rings is 4. The molecule has 4 aromatic carbocycles. The molecule has 0 aromatic heterocycles. The molecule has 1 heterocycles. The summed E-state index contributed by atoms with van der Waals surface area (Å²) in [6.45, 7) is 15.4. The summed E-state index contributed by atoms with van der Waals surface area (Å²) in [6, 6.07) is 33.4. The minimum Gasteiger partial charge on any atom is -0.467 e. The van der Waals surface area contributed by atoms with E-state index in [1.54, 1.807) is 86.6 Å². The summed E-state index contributed by atoms with van der Waals surface area (Å²) in [4.78, 5) is 113. The number of alkyl carbamates (subject to hydrolysis) is 3. The third-order valence-corrected chi connectivity index (χ3v) is 13.0. The lowest BCUT2D eigenvalue weighted by Gasteiger charge is -2.41. The maximum atomic E-state index is 15.1. The van der Waals surface area contributed by atoms with Crippen LogP contribution in [-0.2, 0) is 54.9 Å². The van der Waals surface area contributed by atoms with Gasteiger partial charge in [0.2, 0.25) is 23.6 Å². The van der Waals surface area contributed by atoms with Gasteiger partial charge in [0.15, 0.2) is 0 Å². The van der Waals surface area contributed by atoms with Crippen LogP contribution in [0.2, 0.25) is 0 Å². The summed E-state index contributed by atoms with van der Waals surface area (Å²) in [5.74, 6) is -3.30. The van der Waals surface area contributed by atoms with Crippen molar-refractivity contribution >= 4 is 47.9 Å². The van der Waals surface area contributed by atoms with Crippen LogP contribution in [0.5, 0.6) is 0 Å². The monoisotopic (exact) mass is 1100 g/mol. The van der Waals surface area contributed by atoms with Gasteiger partial charge in [-0.25, -0.2) is 19.2 Å². The van der Waals surface area contributed by atoms with Crippen LogP contribution in [0.15, 0.2) is 121 Å². The maximum Gasteiger partial charge on any atom is 0.408 e. The van der Waals surface area contributed by atoms with Gasteiger partial charge in [-0.1, -0.05) is 121 Å². The molecule has 0 unspecified atom stereocenters. The fourth-order valence-electron chi connectivity index (χ4n) is 9.29. The van der Waals surface area contributed by atoms with Gasteiger partial charge in [-0.05, 0) is 123 Å². The zero-order valence-electron chi connectivity index (χ0n) is 47.9. The van der Waals surface area contributed by atoms with E-state index >= 15 is 4.79 Å². The summed E-state index contributed by atoms with van der Waals surface area (Å²) >= 11 is 0. The number of nitrogens with zero attached hydrogens (tertiary/aromatic N) is 1. The largest absolute Gasteiger partial charge is 0.467 e. The van der Waals surface area contributed by atoms with Gasteiger partial charge in [-0.15, -0.1) is 0 Å². The fourth-order valence-corrected chi connectivity index (χ4v) is 9.29. The zero-order valence-corrected chi connectivity index (χ0v) is 47.9. The normalized spacial score (nSPS) is 14.6. The Morgan fingerprint density at radius 1 is 0.537 bits per heavy atom. The number of rotatable bonds is 22. The molecule has 1 aliphatic rings. The second-order valence-corrected chi connectivity index (χ2v) is 22.9. The van der Waals surface area contributed by atoms with Crippen molar-refractivity contribution in [3.8, 4) is 0 Å². The molecular weight excluding hydrogens is 1020 g/mol. The van der Waals surface area contributed by atoms with Crippen molar-refractivity contribution in [2.45, 2.75) is 160 Å². The Hall–Kier alpha value is -7.96. The molecule has 0 radical (unpaired) electrons. The first-order valence-electron chi connectivity index (χ1n) is 27.2. The lowest BCUT2D eigenvalue weighted by atomic mass is 9.77. The minimum atomic E-state index is -1.53. The van der Waals surface area contributed by atoms with Crippen molar-refractivity contribution in [1.82, 2.24) is 36.8 Å². The average Bonchev–Trinajstić information content (AvgIpc) is 3.39. The average molecular weight is 1100 g/mol. The molecule has 1 saturated heterocycles. The molecule has 4 aromatic rings. The van der Waals surface area contributed by atoms with Crippen molar-refractivity contribution in [2.24, 2.45) is 0 Å². The van der Waals surface area contributed by atoms with Crippen LogP contribution in [0.25, 0.3) is 0 Å². The Labute approximate surface area is 470 Å². The van der Waals surface area contributed by atoms with Gasteiger partial charge in [-0.2, -0.15) is 0 Å². The van der Waals surface area contributed by atoms with Gasteiger partial charge in [0.05, 0.1) is 7.11 Å². The molecule has 19 nitrogen and oxygen atoms in total. The summed E-state index contributed by atoms with van der Waals surface area (Å²) < 4.78 is 21.5. The van der Waals surface area contributed by atoms with E-state index in [0.717, 1.165) is 16.7 Å². The number of hydrogen-bond donors (Lipinski definition) is 6. The maximum absolute atomic E-state index is 15.1. The predicted molar refractivity (Wildman–Crippen MR) is 302 cm³/mol. The lowest BCUT2D eigenvalue weighted by molar-refractivity contribution is -0.153. The Balaban J connectivity index is 1.49. The third kappa shape index (κ3) is 19.1. The van der Waals surface area contributed by atoms with Crippen LogP contribution in [0.4, 0.5) is 14.4 Å². The lowest BCUT2D eigenvalue weighted by Crippen LogP contribution is -2.63. The number of unbranched alkanes of at least 4 members (excludes halogenated alkanes) is 1. The first kappa shape index (κ1) is 62.9. The van der Waals surface area contributed by atoms with Gasteiger partial charge >= 0.3 is 24.2 Å². The van der Waals surface area contributed by atoms with Crippen molar-refractivity contribution in [1.29, 1.82) is 0 Å². The molecule has 5 rings (SSSR count). The molecule has 0 bridgehead atoms. The smallest absolute Gasteiger partial charge is 0.408 e. The Bertz CT molecular complexity index is 2600.